The molecule has 1 N–H and O–H groups in total. The molecule has 4 aromatic rings. The monoisotopic (exact) mass is 631 g/mol. The van der Waals surface area contributed by atoms with Crippen LogP contribution in [0.15, 0.2) is 70.2 Å². The highest BCUT2D eigenvalue weighted by molar-refractivity contribution is 7.98. The van der Waals surface area contributed by atoms with Crippen LogP contribution in [-0.2, 0) is 23.3 Å². The fraction of sp³-hybridized carbons (Fsp3) is 0.300. The molecule has 1 aliphatic rings. The van der Waals surface area contributed by atoms with Crippen LogP contribution >= 0.6 is 23.1 Å². The fourth-order valence-electron chi connectivity index (χ4n) is 4.58. The maximum Gasteiger partial charge on any atom is 0.416 e. The fourth-order valence-corrected chi connectivity index (χ4v) is 6.76. The van der Waals surface area contributed by atoms with E-state index < -0.39 is 24.3 Å². The number of rotatable bonds is 10. The molecule has 0 aliphatic carbocycles. The Morgan fingerprint density at radius 2 is 1.84 bits per heavy atom. The van der Waals surface area contributed by atoms with Crippen LogP contribution < -0.4 is 4.74 Å². The molecule has 2 aromatic heterocycles. The van der Waals surface area contributed by atoms with Gasteiger partial charge in [-0.2, -0.15) is 13.2 Å². The second kappa shape index (κ2) is 13.2. The van der Waals surface area contributed by atoms with Gasteiger partial charge in [-0.15, -0.1) is 23.1 Å². The van der Waals surface area contributed by atoms with Crippen LogP contribution in [0.25, 0.3) is 10.6 Å². The van der Waals surface area contributed by atoms with Gasteiger partial charge in [0, 0.05) is 53.8 Å². The number of piperazine rings is 1. The van der Waals surface area contributed by atoms with Crippen LogP contribution in [0, 0.1) is 6.92 Å². The molecule has 43 heavy (non-hydrogen) atoms. The van der Waals surface area contributed by atoms with Crippen LogP contribution in [0.5, 0.6) is 5.75 Å². The summed E-state index contributed by atoms with van der Waals surface area (Å²) < 4.78 is 49.9. The van der Waals surface area contributed by atoms with Crippen molar-refractivity contribution in [1.82, 2.24) is 14.8 Å². The first-order valence-corrected chi connectivity index (χ1v) is 15.2. The zero-order valence-electron chi connectivity index (χ0n) is 23.1. The summed E-state index contributed by atoms with van der Waals surface area (Å²) in [5, 5.41) is 9.51. The first-order valence-electron chi connectivity index (χ1n) is 13.4. The van der Waals surface area contributed by atoms with E-state index in [1.807, 2.05) is 19.1 Å². The van der Waals surface area contributed by atoms with E-state index in [4.69, 9.17) is 19.2 Å². The predicted octanol–water partition coefficient (Wildman–Crippen LogP) is 6.44. The van der Waals surface area contributed by atoms with Crippen molar-refractivity contribution in [3.63, 3.8) is 0 Å². The van der Waals surface area contributed by atoms with Crippen molar-refractivity contribution in [3.05, 3.63) is 88.3 Å². The second-order valence-electron chi connectivity index (χ2n) is 9.91. The third-order valence-electron chi connectivity index (χ3n) is 6.87. The molecule has 5 rings (SSSR count). The van der Waals surface area contributed by atoms with E-state index in [9.17, 15) is 22.8 Å². The van der Waals surface area contributed by atoms with Crippen molar-refractivity contribution < 1.29 is 37.0 Å². The number of hydrogen-bond donors (Lipinski definition) is 1. The van der Waals surface area contributed by atoms with Crippen molar-refractivity contribution in [1.29, 1.82) is 0 Å². The van der Waals surface area contributed by atoms with Gasteiger partial charge in [0.05, 0.1) is 17.5 Å². The molecule has 0 saturated carbocycles. The van der Waals surface area contributed by atoms with E-state index >= 15 is 0 Å². The first-order chi connectivity index (χ1) is 20.6. The number of benzene rings is 2. The molecule has 13 heteroatoms. The molecule has 8 nitrogen and oxygen atoms in total. The largest absolute Gasteiger partial charge is 0.482 e. The topological polar surface area (TPSA) is 96.1 Å². The lowest BCUT2D eigenvalue weighted by Gasteiger charge is -2.34. The summed E-state index contributed by atoms with van der Waals surface area (Å²) >= 11 is 3.03. The summed E-state index contributed by atoms with van der Waals surface area (Å²) in [6.45, 7) is 4.32. The number of carbonyl (C=O) groups is 2. The number of nitrogens with zero attached hydrogens (tertiary/aromatic N) is 3. The number of carbonyl (C=O) groups excluding carboxylic acids is 1. The minimum atomic E-state index is -4.42. The van der Waals surface area contributed by atoms with E-state index in [-0.39, 0.29) is 5.91 Å². The van der Waals surface area contributed by atoms with E-state index in [0.717, 1.165) is 33.2 Å². The number of carboxylic acids is 1. The zero-order chi connectivity index (χ0) is 30.6. The van der Waals surface area contributed by atoms with Gasteiger partial charge in [0.2, 0.25) is 0 Å². The van der Waals surface area contributed by atoms with Crippen LogP contribution in [0.3, 0.4) is 0 Å². The first kappa shape index (κ1) is 30.6. The van der Waals surface area contributed by atoms with Crippen LogP contribution in [0.4, 0.5) is 13.2 Å². The van der Waals surface area contributed by atoms with Crippen molar-refractivity contribution in [2.75, 3.05) is 32.8 Å². The standard InChI is InChI=1S/C30H28F3N3O5S2/c1-19-15-22(8-9-24(19)41-17-27(37)38)42-18-26-23(34-28(43-26)20-4-6-21(7-5-20)30(31,32)33)16-35-10-12-36(13-11-35)29(39)25-3-2-14-40-25/h2-9,14-15H,10-13,16-18H2,1H3,(H,37,38). The molecule has 1 amide bonds. The molecule has 0 bridgehead atoms. The van der Waals surface area contributed by atoms with Crippen molar-refractivity contribution in [2.24, 2.45) is 0 Å². The van der Waals surface area contributed by atoms with Crippen molar-refractivity contribution in [2.45, 2.75) is 30.3 Å². The number of furan rings is 1. The maximum atomic E-state index is 13.1. The molecule has 0 atom stereocenters. The average molecular weight is 632 g/mol. The quantitative estimate of drug-likeness (QED) is 0.200. The summed E-state index contributed by atoms with van der Waals surface area (Å²) in [5.74, 6) is 0.198. The third-order valence-corrected chi connectivity index (χ3v) is 9.22. The molecule has 2 aromatic carbocycles. The van der Waals surface area contributed by atoms with Crippen molar-refractivity contribution >= 4 is 35.0 Å². The highest BCUT2D eigenvalue weighted by Gasteiger charge is 2.30. The maximum absolute atomic E-state index is 13.1. The Morgan fingerprint density at radius 1 is 1.09 bits per heavy atom. The van der Waals surface area contributed by atoms with E-state index in [1.165, 1.54) is 29.7 Å². The molecule has 0 radical (unpaired) electrons. The van der Waals surface area contributed by atoms with Gasteiger partial charge in [-0.05, 0) is 55.0 Å². The summed E-state index contributed by atoms with van der Waals surface area (Å²) in [5.41, 5.74) is 1.55. The number of thiazole rings is 1. The molecular formula is C30H28F3N3O5S2. The van der Waals surface area contributed by atoms with Crippen LogP contribution in [0.1, 0.15) is 32.3 Å². The average Bonchev–Trinajstić information content (AvgIpc) is 3.66. The van der Waals surface area contributed by atoms with E-state index in [0.29, 0.717) is 60.6 Å². The Kier molecular flexibility index (Phi) is 9.43. The minimum absolute atomic E-state index is 0.144. The minimum Gasteiger partial charge on any atom is -0.482 e. The van der Waals surface area contributed by atoms with E-state index in [1.54, 1.807) is 34.9 Å². The zero-order valence-corrected chi connectivity index (χ0v) is 24.7. The molecule has 226 valence electrons. The molecular weight excluding hydrogens is 603 g/mol. The Bertz CT molecular complexity index is 1560. The van der Waals surface area contributed by atoms with Gasteiger partial charge >= 0.3 is 12.1 Å². The molecule has 3 heterocycles. The molecule has 0 unspecified atom stereocenters. The number of amides is 1. The highest BCUT2D eigenvalue weighted by atomic mass is 32.2. The molecule has 1 aliphatic heterocycles. The summed E-state index contributed by atoms with van der Waals surface area (Å²) in [4.78, 5) is 34.3. The van der Waals surface area contributed by atoms with Gasteiger partial charge in [0.1, 0.15) is 10.8 Å². The van der Waals surface area contributed by atoms with E-state index in [2.05, 4.69) is 4.90 Å². The molecule has 0 spiro atoms. The number of aliphatic carboxylic acids is 1. The number of aromatic nitrogens is 1. The van der Waals surface area contributed by atoms with Gasteiger partial charge in [-0.25, -0.2) is 9.78 Å². The Hall–Kier alpha value is -3.81. The van der Waals surface area contributed by atoms with Gasteiger partial charge in [0.25, 0.3) is 5.91 Å². The number of halogens is 3. The van der Waals surface area contributed by atoms with Gasteiger partial charge in [0.15, 0.2) is 12.4 Å². The van der Waals surface area contributed by atoms with Crippen molar-refractivity contribution in [3.8, 4) is 16.3 Å². The Labute approximate surface area is 254 Å². The lowest BCUT2D eigenvalue weighted by molar-refractivity contribution is -0.139. The lowest BCUT2D eigenvalue weighted by Crippen LogP contribution is -2.48. The number of alkyl halides is 3. The van der Waals surface area contributed by atoms with Crippen LogP contribution in [-0.4, -0.2) is 64.6 Å². The molecule has 1 saturated heterocycles. The van der Waals surface area contributed by atoms with Gasteiger partial charge < -0.3 is 19.2 Å². The predicted molar refractivity (Wildman–Crippen MR) is 156 cm³/mol. The van der Waals surface area contributed by atoms with Crippen LogP contribution in [0.2, 0.25) is 0 Å². The number of hydrogen-bond acceptors (Lipinski definition) is 8. The number of carboxylic acid groups (broad SMARTS) is 1. The number of ether oxygens (including phenoxy) is 1. The molecule has 1 fully saturated rings. The SMILES string of the molecule is Cc1cc(SCc2sc(-c3ccc(C(F)(F)F)cc3)nc2CN2CCN(C(=O)c3ccco3)CC2)ccc1OCC(=O)O. The Morgan fingerprint density at radius 3 is 2.47 bits per heavy atom. The summed E-state index contributed by atoms with van der Waals surface area (Å²) in [6, 6.07) is 13.9. The van der Waals surface area contributed by atoms with Gasteiger partial charge in [-0.1, -0.05) is 12.1 Å². The lowest BCUT2D eigenvalue weighted by atomic mass is 10.1. The smallest absolute Gasteiger partial charge is 0.416 e. The number of thioether (sulfide) groups is 1. The normalized spacial score (nSPS) is 14.2. The summed E-state index contributed by atoms with van der Waals surface area (Å²) in [7, 11) is 0. The van der Waals surface area contributed by atoms with Gasteiger partial charge in [-0.3, -0.25) is 9.69 Å². The third kappa shape index (κ3) is 7.78. The number of aryl methyl sites for hydroxylation is 1. The highest BCUT2D eigenvalue weighted by Crippen LogP contribution is 2.36. The Balaban J connectivity index is 1.31. The summed E-state index contributed by atoms with van der Waals surface area (Å²) in [6.07, 6.45) is -2.94. The second-order valence-corrected chi connectivity index (χ2v) is 12.0.